The van der Waals surface area contributed by atoms with Crippen LogP contribution in [0.4, 0.5) is 5.69 Å². The number of carboxylic acids is 1. The van der Waals surface area contributed by atoms with E-state index in [1.54, 1.807) is 0 Å². The molecule has 1 aromatic carbocycles. The Kier molecular flexibility index (Phi) is 3.13. The zero-order valence-corrected chi connectivity index (χ0v) is 9.57. The standard InChI is InChI=1S/C13H17NO2/c1-10-8-11(9-13(15)16)4-5-12(10)14-6-2-3-7-14/h4-5,8H,2-3,6-7,9H2,1H3,(H,15,16). The SMILES string of the molecule is Cc1cc(CC(=O)O)ccc1N1CCCC1. The number of hydrogen-bond acceptors (Lipinski definition) is 2. The second kappa shape index (κ2) is 4.56. The molecule has 2 rings (SSSR count). The van der Waals surface area contributed by atoms with E-state index in [2.05, 4.69) is 17.9 Å². The number of anilines is 1. The summed E-state index contributed by atoms with van der Waals surface area (Å²) in [6, 6.07) is 5.97. The molecule has 1 heterocycles. The van der Waals surface area contributed by atoms with Crippen LogP contribution in [-0.2, 0) is 11.2 Å². The smallest absolute Gasteiger partial charge is 0.307 e. The lowest BCUT2D eigenvalue weighted by atomic mass is 10.1. The van der Waals surface area contributed by atoms with Crippen LogP contribution in [0, 0.1) is 6.92 Å². The highest BCUT2D eigenvalue weighted by Crippen LogP contribution is 2.25. The molecule has 86 valence electrons. The maximum atomic E-state index is 10.6. The van der Waals surface area contributed by atoms with E-state index in [9.17, 15) is 4.79 Å². The maximum Gasteiger partial charge on any atom is 0.307 e. The average molecular weight is 219 g/mol. The maximum absolute atomic E-state index is 10.6. The first kappa shape index (κ1) is 11.0. The average Bonchev–Trinajstić information content (AvgIpc) is 2.69. The Hall–Kier alpha value is -1.51. The lowest BCUT2D eigenvalue weighted by molar-refractivity contribution is -0.136. The first-order valence-electron chi connectivity index (χ1n) is 5.73. The van der Waals surface area contributed by atoms with Crippen molar-refractivity contribution in [1.82, 2.24) is 0 Å². The van der Waals surface area contributed by atoms with Crippen LogP contribution in [-0.4, -0.2) is 24.2 Å². The number of carboxylic acid groups (broad SMARTS) is 1. The summed E-state index contributed by atoms with van der Waals surface area (Å²) < 4.78 is 0. The Morgan fingerprint density at radius 2 is 2.06 bits per heavy atom. The Bertz CT molecular complexity index is 395. The van der Waals surface area contributed by atoms with E-state index in [-0.39, 0.29) is 6.42 Å². The molecular weight excluding hydrogens is 202 g/mol. The quantitative estimate of drug-likeness (QED) is 0.847. The van der Waals surface area contributed by atoms with Gasteiger partial charge >= 0.3 is 5.97 Å². The first-order chi connectivity index (χ1) is 7.66. The monoisotopic (exact) mass is 219 g/mol. The number of nitrogens with zero attached hydrogens (tertiary/aromatic N) is 1. The third-order valence-electron chi connectivity index (χ3n) is 3.06. The van der Waals surface area contributed by atoms with Crippen LogP contribution in [0.25, 0.3) is 0 Å². The van der Waals surface area contributed by atoms with Crippen molar-refractivity contribution in [3.63, 3.8) is 0 Å². The second-order valence-corrected chi connectivity index (χ2v) is 4.39. The molecule has 0 radical (unpaired) electrons. The Balaban J connectivity index is 2.18. The fourth-order valence-electron chi connectivity index (χ4n) is 2.31. The van der Waals surface area contributed by atoms with E-state index in [0.29, 0.717) is 0 Å². The molecule has 16 heavy (non-hydrogen) atoms. The summed E-state index contributed by atoms with van der Waals surface area (Å²) in [6.45, 7) is 4.30. The fourth-order valence-corrected chi connectivity index (χ4v) is 2.31. The zero-order valence-electron chi connectivity index (χ0n) is 9.57. The van der Waals surface area contributed by atoms with Crippen LogP contribution in [0.2, 0.25) is 0 Å². The second-order valence-electron chi connectivity index (χ2n) is 4.39. The Labute approximate surface area is 95.7 Å². The van der Waals surface area contributed by atoms with E-state index in [1.165, 1.54) is 24.1 Å². The number of benzene rings is 1. The van der Waals surface area contributed by atoms with Crippen molar-refractivity contribution < 1.29 is 9.90 Å². The van der Waals surface area contributed by atoms with Gasteiger partial charge in [0, 0.05) is 18.8 Å². The lowest BCUT2D eigenvalue weighted by Gasteiger charge is -2.20. The van der Waals surface area contributed by atoms with Crippen molar-refractivity contribution in [3.05, 3.63) is 29.3 Å². The minimum Gasteiger partial charge on any atom is -0.481 e. The summed E-state index contributed by atoms with van der Waals surface area (Å²) >= 11 is 0. The van der Waals surface area contributed by atoms with E-state index < -0.39 is 5.97 Å². The van der Waals surface area contributed by atoms with Gasteiger partial charge in [0.15, 0.2) is 0 Å². The number of aliphatic carboxylic acids is 1. The third-order valence-corrected chi connectivity index (χ3v) is 3.06. The van der Waals surface area contributed by atoms with E-state index in [4.69, 9.17) is 5.11 Å². The molecule has 1 aromatic rings. The molecule has 0 unspecified atom stereocenters. The molecular formula is C13H17NO2. The molecule has 3 heteroatoms. The predicted molar refractivity (Wildman–Crippen MR) is 64.0 cm³/mol. The van der Waals surface area contributed by atoms with Crippen molar-refractivity contribution in [2.75, 3.05) is 18.0 Å². The van der Waals surface area contributed by atoms with E-state index in [0.717, 1.165) is 18.7 Å². The van der Waals surface area contributed by atoms with Crippen LogP contribution in [0.1, 0.15) is 24.0 Å². The Morgan fingerprint density at radius 3 is 2.62 bits per heavy atom. The molecule has 0 atom stereocenters. The first-order valence-corrected chi connectivity index (χ1v) is 5.73. The fraction of sp³-hybridized carbons (Fsp3) is 0.462. The van der Waals surface area contributed by atoms with E-state index in [1.807, 2.05) is 12.1 Å². The van der Waals surface area contributed by atoms with Gasteiger partial charge in [-0.1, -0.05) is 12.1 Å². The summed E-state index contributed by atoms with van der Waals surface area (Å²) in [7, 11) is 0. The topological polar surface area (TPSA) is 40.5 Å². The zero-order chi connectivity index (χ0) is 11.5. The van der Waals surface area contributed by atoms with Crippen molar-refractivity contribution in [1.29, 1.82) is 0 Å². The normalized spacial score (nSPS) is 15.4. The van der Waals surface area contributed by atoms with Gasteiger partial charge in [-0.05, 0) is 37.0 Å². The van der Waals surface area contributed by atoms with Gasteiger partial charge in [-0.15, -0.1) is 0 Å². The molecule has 1 N–H and O–H groups in total. The molecule has 1 saturated heterocycles. The highest BCUT2D eigenvalue weighted by Gasteiger charge is 2.14. The van der Waals surface area contributed by atoms with Crippen molar-refractivity contribution >= 4 is 11.7 Å². The van der Waals surface area contributed by atoms with Gasteiger partial charge in [-0.3, -0.25) is 4.79 Å². The molecule has 0 bridgehead atoms. The van der Waals surface area contributed by atoms with Gasteiger partial charge in [0.25, 0.3) is 0 Å². The molecule has 3 nitrogen and oxygen atoms in total. The third kappa shape index (κ3) is 2.35. The summed E-state index contributed by atoms with van der Waals surface area (Å²) in [5.41, 5.74) is 3.32. The number of carbonyl (C=O) groups is 1. The summed E-state index contributed by atoms with van der Waals surface area (Å²) in [4.78, 5) is 13.0. The molecule has 0 aromatic heterocycles. The van der Waals surface area contributed by atoms with Crippen molar-refractivity contribution in [3.8, 4) is 0 Å². The molecule has 0 aliphatic carbocycles. The van der Waals surface area contributed by atoms with Gasteiger partial charge < -0.3 is 10.0 Å². The van der Waals surface area contributed by atoms with Gasteiger partial charge in [0.1, 0.15) is 0 Å². The van der Waals surface area contributed by atoms with Crippen LogP contribution in [0.5, 0.6) is 0 Å². The largest absolute Gasteiger partial charge is 0.481 e. The minimum atomic E-state index is -0.770. The van der Waals surface area contributed by atoms with Crippen molar-refractivity contribution in [2.24, 2.45) is 0 Å². The molecule has 0 saturated carbocycles. The van der Waals surface area contributed by atoms with Crippen molar-refractivity contribution in [2.45, 2.75) is 26.2 Å². The van der Waals surface area contributed by atoms with Crippen LogP contribution >= 0.6 is 0 Å². The van der Waals surface area contributed by atoms with E-state index >= 15 is 0 Å². The minimum absolute atomic E-state index is 0.112. The molecule has 0 spiro atoms. The highest BCUT2D eigenvalue weighted by molar-refractivity contribution is 5.71. The molecule has 1 aliphatic heterocycles. The van der Waals surface area contributed by atoms with Gasteiger partial charge in [0.05, 0.1) is 6.42 Å². The summed E-state index contributed by atoms with van der Waals surface area (Å²) in [6.07, 6.45) is 2.63. The number of rotatable bonds is 3. The summed E-state index contributed by atoms with van der Waals surface area (Å²) in [5.74, 6) is -0.770. The Morgan fingerprint density at radius 1 is 1.38 bits per heavy atom. The van der Waals surface area contributed by atoms with Gasteiger partial charge in [-0.25, -0.2) is 0 Å². The molecule has 1 fully saturated rings. The van der Waals surface area contributed by atoms with Crippen LogP contribution in [0.15, 0.2) is 18.2 Å². The van der Waals surface area contributed by atoms with Crippen LogP contribution in [0.3, 0.4) is 0 Å². The van der Waals surface area contributed by atoms with Crippen LogP contribution < -0.4 is 4.90 Å². The molecule has 0 amide bonds. The van der Waals surface area contributed by atoms with Gasteiger partial charge in [0.2, 0.25) is 0 Å². The lowest BCUT2D eigenvalue weighted by Crippen LogP contribution is -2.18. The number of hydrogen-bond donors (Lipinski definition) is 1. The highest BCUT2D eigenvalue weighted by atomic mass is 16.4. The predicted octanol–water partition coefficient (Wildman–Crippen LogP) is 2.22. The number of aryl methyl sites for hydroxylation is 1. The molecule has 1 aliphatic rings. The summed E-state index contributed by atoms with van der Waals surface area (Å²) in [5, 5.41) is 8.73. The van der Waals surface area contributed by atoms with Gasteiger partial charge in [-0.2, -0.15) is 0 Å².